The van der Waals surface area contributed by atoms with Crippen molar-refractivity contribution in [3.63, 3.8) is 0 Å². The van der Waals surface area contributed by atoms with Gasteiger partial charge < -0.3 is 10.4 Å². The molecule has 2 N–H and O–H groups in total. The summed E-state index contributed by atoms with van der Waals surface area (Å²) in [5.74, 6) is -0.0868. The van der Waals surface area contributed by atoms with E-state index in [2.05, 4.69) is 5.32 Å². The minimum atomic E-state index is -1.05. The molecule has 0 saturated heterocycles. The third-order valence-corrected chi connectivity index (χ3v) is 3.16. The van der Waals surface area contributed by atoms with Crippen LogP contribution in [0.2, 0.25) is 0 Å². The lowest BCUT2D eigenvalue weighted by Gasteiger charge is -2.26. The summed E-state index contributed by atoms with van der Waals surface area (Å²) in [5, 5.41) is 13.1. The van der Waals surface area contributed by atoms with Crippen molar-refractivity contribution in [2.75, 3.05) is 20.6 Å². The van der Waals surface area contributed by atoms with E-state index in [1.807, 2.05) is 56.3 Å². The van der Waals surface area contributed by atoms with Crippen LogP contribution in [0.15, 0.2) is 30.3 Å². The second kappa shape index (κ2) is 5.98. The van der Waals surface area contributed by atoms with E-state index in [0.29, 0.717) is 0 Å². The van der Waals surface area contributed by atoms with Crippen molar-refractivity contribution in [2.24, 2.45) is 0 Å². The zero-order valence-corrected chi connectivity index (χ0v) is 11.5. The highest BCUT2D eigenvalue weighted by Gasteiger charge is 2.25. The molecule has 1 unspecified atom stereocenters. The SMILES string of the molecule is C[C@@H](C(=O)NCC(C)(O)c1ccccc1)N(C)C. The third kappa shape index (κ3) is 3.82. The Bertz CT molecular complexity index is 388. The summed E-state index contributed by atoms with van der Waals surface area (Å²) < 4.78 is 0. The predicted molar refractivity (Wildman–Crippen MR) is 72.2 cm³/mol. The van der Waals surface area contributed by atoms with Crippen LogP contribution in [0.4, 0.5) is 0 Å². The molecule has 0 radical (unpaired) electrons. The van der Waals surface area contributed by atoms with Crippen LogP contribution in [0.1, 0.15) is 19.4 Å². The van der Waals surface area contributed by atoms with Crippen LogP contribution in [0.5, 0.6) is 0 Å². The van der Waals surface area contributed by atoms with Gasteiger partial charge >= 0.3 is 0 Å². The van der Waals surface area contributed by atoms with Crippen LogP contribution in [-0.4, -0.2) is 42.6 Å². The van der Waals surface area contributed by atoms with Crippen LogP contribution < -0.4 is 5.32 Å². The molecule has 0 saturated carbocycles. The van der Waals surface area contributed by atoms with Gasteiger partial charge in [0.25, 0.3) is 0 Å². The summed E-state index contributed by atoms with van der Waals surface area (Å²) in [5.41, 5.74) is -0.258. The Kier molecular flexibility index (Phi) is 4.87. The minimum Gasteiger partial charge on any atom is -0.384 e. The molecule has 0 aliphatic heterocycles. The number of carbonyl (C=O) groups is 1. The van der Waals surface area contributed by atoms with Crippen LogP contribution in [-0.2, 0) is 10.4 Å². The molecule has 2 atom stereocenters. The molecular formula is C14H22N2O2. The molecule has 4 nitrogen and oxygen atoms in total. The molecular weight excluding hydrogens is 228 g/mol. The monoisotopic (exact) mass is 250 g/mol. The Labute approximate surface area is 109 Å². The van der Waals surface area contributed by atoms with E-state index >= 15 is 0 Å². The number of hydrogen-bond donors (Lipinski definition) is 2. The van der Waals surface area contributed by atoms with E-state index in [1.54, 1.807) is 6.92 Å². The topological polar surface area (TPSA) is 52.6 Å². The van der Waals surface area contributed by atoms with Gasteiger partial charge in [0.15, 0.2) is 0 Å². The lowest BCUT2D eigenvalue weighted by molar-refractivity contribution is -0.126. The number of nitrogens with zero attached hydrogens (tertiary/aromatic N) is 1. The number of likely N-dealkylation sites (N-methyl/N-ethyl adjacent to an activating group) is 1. The zero-order valence-electron chi connectivity index (χ0n) is 11.5. The van der Waals surface area contributed by atoms with Crippen molar-refractivity contribution in [1.82, 2.24) is 10.2 Å². The zero-order chi connectivity index (χ0) is 13.8. The van der Waals surface area contributed by atoms with Gasteiger partial charge in [-0.05, 0) is 33.5 Å². The number of carbonyl (C=O) groups excluding carboxylic acids is 1. The van der Waals surface area contributed by atoms with Gasteiger partial charge in [-0.3, -0.25) is 9.69 Å². The summed E-state index contributed by atoms with van der Waals surface area (Å²) in [7, 11) is 3.69. The van der Waals surface area contributed by atoms with Gasteiger partial charge in [-0.1, -0.05) is 30.3 Å². The Morgan fingerprint density at radius 3 is 2.44 bits per heavy atom. The maximum atomic E-state index is 11.8. The van der Waals surface area contributed by atoms with E-state index in [9.17, 15) is 9.90 Å². The first kappa shape index (κ1) is 14.7. The van der Waals surface area contributed by atoms with Gasteiger partial charge in [-0.2, -0.15) is 0 Å². The largest absolute Gasteiger partial charge is 0.384 e. The van der Waals surface area contributed by atoms with Gasteiger partial charge in [0.05, 0.1) is 12.6 Å². The second-order valence-electron chi connectivity index (χ2n) is 5.00. The van der Waals surface area contributed by atoms with Gasteiger partial charge in [0, 0.05) is 0 Å². The van der Waals surface area contributed by atoms with E-state index in [1.165, 1.54) is 0 Å². The fourth-order valence-corrected chi connectivity index (χ4v) is 1.54. The van der Waals surface area contributed by atoms with Gasteiger partial charge in [-0.25, -0.2) is 0 Å². The molecule has 1 rings (SSSR count). The standard InChI is InChI=1S/C14H22N2O2/c1-11(16(3)4)13(17)15-10-14(2,18)12-8-6-5-7-9-12/h5-9,11,18H,10H2,1-4H3,(H,15,17)/t11-,14?/m0/s1. The molecule has 0 bridgehead atoms. The number of rotatable bonds is 5. The Morgan fingerprint density at radius 2 is 1.94 bits per heavy atom. The summed E-state index contributed by atoms with van der Waals surface area (Å²) in [6.07, 6.45) is 0. The summed E-state index contributed by atoms with van der Waals surface area (Å²) >= 11 is 0. The first-order chi connectivity index (χ1) is 8.34. The highest BCUT2D eigenvalue weighted by molar-refractivity contribution is 5.81. The van der Waals surface area contributed by atoms with Gasteiger partial charge in [0.2, 0.25) is 5.91 Å². The van der Waals surface area contributed by atoms with Crippen LogP contribution >= 0.6 is 0 Å². The molecule has 100 valence electrons. The van der Waals surface area contributed by atoms with Crippen LogP contribution in [0.3, 0.4) is 0 Å². The fourth-order valence-electron chi connectivity index (χ4n) is 1.54. The number of hydrogen-bond acceptors (Lipinski definition) is 3. The first-order valence-electron chi connectivity index (χ1n) is 6.06. The Hall–Kier alpha value is -1.39. The minimum absolute atomic E-state index is 0.0868. The smallest absolute Gasteiger partial charge is 0.237 e. The lowest BCUT2D eigenvalue weighted by Crippen LogP contribution is -2.46. The van der Waals surface area contributed by atoms with Crippen LogP contribution in [0, 0.1) is 0 Å². The van der Waals surface area contributed by atoms with E-state index in [-0.39, 0.29) is 18.5 Å². The predicted octanol–water partition coefficient (Wildman–Crippen LogP) is 0.960. The number of amides is 1. The molecule has 0 spiro atoms. The lowest BCUT2D eigenvalue weighted by atomic mass is 9.96. The van der Waals surface area contributed by atoms with Crippen LogP contribution in [0.25, 0.3) is 0 Å². The average molecular weight is 250 g/mol. The average Bonchev–Trinajstić information content (AvgIpc) is 2.36. The molecule has 0 aliphatic rings. The molecule has 1 amide bonds. The molecule has 4 heteroatoms. The van der Waals surface area contributed by atoms with Crippen molar-refractivity contribution in [1.29, 1.82) is 0 Å². The number of benzene rings is 1. The molecule has 0 aromatic heterocycles. The van der Waals surface area contributed by atoms with E-state index < -0.39 is 5.60 Å². The van der Waals surface area contributed by atoms with Crippen molar-refractivity contribution in [2.45, 2.75) is 25.5 Å². The van der Waals surface area contributed by atoms with Crippen molar-refractivity contribution in [3.05, 3.63) is 35.9 Å². The van der Waals surface area contributed by atoms with Gasteiger partial charge in [0.1, 0.15) is 5.60 Å². The molecule has 0 fully saturated rings. The summed E-state index contributed by atoms with van der Waals surface area (Å²) in [6.45, 7) is 3.73. The third-order valence-electron chi connectivity index (χ3n) is 3.16. The molecule has 0 aliphatic carbocycles. The second-order valence-corrected chi connectivity index (χ2v) is 5.00. The number of nitrogens with one attached hydrogen (secondary N) is 1. The summed E-state index contributed by atoms with van der Waals surface area (Å²) in [4.78, 5) is 13.6. The van der Waals surface area contributed by atoms with Crippen molar-refractivity contribution < 1.29 is 9.90 Å². The highest BCUT2D eigenvalue weighted by atomic mass is 16.3. The number of aliphatic hydroxyl groups is 1. The maximum absolute atomic E-state index is 11.8. The molecule has 0 heterocycles. The Morgan fingerprint density at radius 1 is 1.39 bits per heavy atom. The first-order valence-corrected chi connectivity index (χ1v) is 6.06. The fraction of sp³-hybridized carbons (Fsp3) is 0.500. The summed E-state index contributed by atoms with van der Waals surface area (Å²) in [6, 6.07) is 9.12. The normalized spacial score (nSPS) is 16.1. The quantitative estimate of drug-likeness (QED) is 0.818. The molecule has 1 aromatic carbocycles. The van der Waals surface area contributed by atoms with E-state index in [0.717, 1.165) is 5.56 Å². The van der Waals surface area contributed by atoms with Crippen molar-refractivity contribution in [3.8, 4) is 0 Å². The highest BCUT2D eigenvalue weighted by Crippen LogP contribution is 2.18. The Balaban J connectivity index is 2.60. The van der Waals surface area contributed by atoms with Crippen molar-refractivity contribution >= 4 is 5.91 Å². The van der Waals surface area contributed by atoms with Gasteiger partial charge in [-0.15, -0.1) is 0 Å². The molecule has 18 heavy (non-hydrogen) atoms. The maximum Gasteiger partial charge on any atom is 0.237 e. The molecule has 1 aromatic rings. The van der Waals surface area contributed by atoms with E-state index in [4.69, 9.17) is 0 Å².